The summed E-state index contributed by atoms with van der Waals surface area (Å²) >= 11 is 0. The summed E-state index contributed by atoms with van der Waals surface area (Å²) in [6.07, 6.45) is 0.893. The molecule has 1 aliphatic rings. The topological polar surface area (TPSA) is 102 Å². The van der Waals surface area contributed by atoms with Crippen LogP contribution in [-0.2, 0) is 4.79 Å². The number of amides is 2. The minimum Gasteiger partial charge on any atom is -0.479 e. The Hall–Kier alpha value is -1.34. The number of hydrogen-bond donors (Lipinski definition) is 4. The predicted molar refractivity (Wildman–Crippen MR) is 65.3 cm³/mol. The molecular formula is C11H21N3O4. The molecular weight excluding hydrogens is 238 g/mol. The lowest BCUT2D eigenvalue weighted by molar-refractivity contribution is -0.146. The lowest BCUT2D eigenvalue weighted by atomic mass is 10.4. The zero-order valence-corrected chi connectivity index (χ0v) is 10.6. The highest BCUT2D eigenvalue weighted by Gasteiger charge is 2.27. The van der Waals surface area contributed by atoms with Crippen molar-refractivity contribution in [2.75, 3.05) is 26.2 Å². The van der Waals surface area contributed by atoms with Crippen LogP contribution in [0.5, 0.6) is 0 Å². The number of urea groups is 1. The van der Waals surface area contributed by atoms with Crippen LogP contribution in [0.1, 0.15) is 19.8 Å². The van der Waals surface area contributed by atoms with E-state index in [0.29, 0.717) is 12.6 Å². The maximum Gasteiger partial charge on any atom is 0.334 e. The second-order valence-corrected chi connectivity index (χ2v) is 4.35. The first-order chi connectivity index (χ1) is 8.54. The van der Waals surface area contributed by atoms with Crippen molar-refractivity contribution in [2.24, 2.45) is 0 Å². The van der Waals surface area contributed by atoms with Crippen LogP contribution in [-0.4, -0.2) is 65.4 Å². The average Bonchev–Trinajstić information content (AvgIpc) is 3.15. The molecule has 0 aromatic rings. The summed E-state index contributed by atoms with van der Waals surface area (Å²) in [6.45, 7) is 4.06. The number of aliphatic hydroxyl groups is 1. The van der Waals surface area contributed by atoms with E-state index in [1.165, 1.54) is 12.8 Å². The van der Waals surface area contributed by atoms with Crippen LogP contribution in [0.25, 0.3) is 0 Å². The van der Waals surface area contributed by atoms with Crippen LogP contribution in [0.2, 0.25) is 0 Å². The van der Waals surface area contributed by atoms with Crippen LogP contribution < -0.4 is 10.6 Å². The van der Waals surface area contributed by atoms with E-state index in [2.05, 4.69) is 22.5 Å². The molecule has 1 saturated carbocycles. The Bertz CT molecular complexity index is 294. The highest BCUT2D eigenvalue weighted by Crippen LogP contribution is 2.25. The van der Waals surface area contributed by atoms with Crippen LogP contribution in [0, 0.1) is 0 Å². The monoisotopic (exact) mass is 259 g/mol. The lowest BCUT2D eigenvalue weighted by Crippen LogP contribution is -2.44. The number of hydrogen-bond acceptors (Lipinski definition) is 4. The van der Waals surface area contributed by atoms with Gasteiger partial charge in [0.15, 0.2) is 6.10 Å². The number of carboxylic acids is 1. The smallest absolute Gasteiger partial charge is 0.334 e. The van der Waals surface area contributed by atoms with E-state index in [1.54, 1.807) is 0 Å². The first-order valence-electron chi connectivity index (χ1n) is 6.21. The molecule has 0 heterocycles. The minimum atomic E-state index is -1.56. The summed E-state index contributed by atoms with van der Waals surface area (Å²) in [7, 11) is 0. The van der Waals surface area contributed by atoms with Gasteiger partial charge in [0.2, 0.25) is 0 Å². The van der Waals surface area contributed by atoms with Gasteiger partial charge in [-0.2, -0.15) is 0 Å². The molecule has 1 aliphatic carbocycles. The van der Waals surface area contributed by atoms with Gasteiger partial charge in [0, 0.05) is 19.1 Å². The van der Waals surface area contributed by atoms with Gasteiger partial charge in [-0.3, -0.25) is 4.90 Å². The van der Waals surface area contributed by atoms with E-state index in [1.807, 2.05) is 0 Å². The number of carbonyl (C=O) groups is 2. The summed E-state index contributed by atoms with van der Waals surface area (Å²) in [5.74, 6) is -1.35. The molecule has 0 saturated heterocycles. The average molecular weight is 259 g/mol. The predicted octanol–water partition coefficient (Wildman–Crippen LogP) is -0.785. The van der Waals surface area contributed by atoms with Crippen LogP contribution in [0.4, 0.5) is 4.79 Å². The third-order valence-electron chi connectivity index (χ3n) is 2.90. The van der Waals surface area contributed by atoms with E-state index < -0.39 is 18.1 Å². The van der Waals surface area contributed by atoms with Gasteiger partial charge in [-0.05, 0) is 19.4 Å². The molecule has 1 atom stereocenters. The van der Waals surface area contributed by atoms with Crippen molar-refractivity contribution >= 4 is 12.0 Å². The second kappa shape index (κ2) is 7.17. The van der Waals surface area contributed by atoms with Crippen molar-refractivity contribution in [1.29, 1.82) is 0 Å². The molecule has 7 heteroatoms. The molecule has 0 aromatic heterocycles. The van der Waals surface area contributed by atoms with Gasteiger partial charge >= 0.3 is 12.0 Å². The highest BCUT2D eigenvalue weighted by molar-refractivity contribution is 5.76. The normalized spacial score (nSPS) is 16.4. The van der Waals surface area contributed by atoms with Crippen molar-refractivity contribution in [2.45, 2.75) is 31.9 Å². The second-order valence-electron chi connectivity index (χ2n) is 4.35. The summed E-state index contributed by atoms with van der Waals surface area (Å²) in [5.41, 5.74) is 0. The fraction of sp³-hybridized carbons (Fsp3) is 0.818. The van der Waals surface area contributed by atoms with Crippen molar-refractivity contribution in [3.8, 4) is 0 Å². The summed E-state index contributed by atoms with van der Waals surface area (Å²) in [5, 5.41) is 22.3. The number of aliphatic carboxylic acids is 1. The van der Waals surface area contributed by atoms with Gasteiger partial charge in [0.05, 0.1) is 6.54 Å². The number of rotatable bonds is 8. The van der Waals surface area contributed by atoms with E-state index in [-0.39, 0.29) is 6.54 Å². The lowest BCUT2D eigenvalue weighted by Gasteiger charge is -2.19. The number of carboxylic acid groups (broad SMARTS) is 1. The van der Waals surface area contributed by atoms with Gasteiger partial charge in [0.1, 0.15) is 0 Å². The standard InChI is InChI=1S/C11H21N3O4/c1-2-14(8-3-4-8)6-5-12-11(18)13-7-9(15)10(16)17/h8-9,15H,2-7H2,1H3,(H,16,17)(H2,12,13,18). The molecule has 104 valence electrons. The Balaban J connectivity index is 2.07. The van der Waals surface area contributed by atoms with E-state index in [9.17, 15) is 9.59 Å². The minimum absolute atomic E-state index is 0.290. The molecule has 0 aromatic carbocycles. The van der Waals surface area contributed by atoms with Crippen molar-refractivity contribution in [1.82, 2.24) is 15.5 Å². The molecule has 0 spiro atoms. The summed E-state index contributed by atoms with van der Waals surface area (Å²) in [4.78, 5) is 23.9. The largest absolute Gasteiger partial charge is 0.479 e. The Morgan fingerprint density at radius 1 is 1.39 bits per heavy atom. The van der Waals surface area contributed by atoms with Gasteiger partial charge in [-0.15, -0.1) is 0 Å². The number of aliphatic hydroxyl groups excluding tert-OH is 1. The fourth-order valence-corrected chi connectivity index (χ4v) is 1.69. The molecule has 7 nitrogen and oxygen atoms in total. The van der Waals surface area contributed by atoms with Crippen molar-refractivity contribution in [3.63, 3.8) is 0 Å². The molecule has 0 bridgehead atoms. The van der Waals surface area contributed by atoms with Crippen molar-refractivity contribution in [3.05, 3.63) is 0 Å². The maximum atomic E-state index is 11.3. The Labute approximate surface area is 106 Å². The first-order valence-corrected chi connectivity index (χ1v) is 6.21. The first kappa shape index (κ1) is 14.7. The molecule has 1 unspecified atom stereocenters. The fourth-order valence-electron chi connectivity index (χ4n) is 1.69. The zero-order chi connectivity index (χ0) is 13.5. The Morgan fingerprint density at radius 2 is 2.06 bits per heavy atom. The molecule has 2 amide bonds. The molecule has 0 radical (unpaired) electrons. The number of carbonyl (C=O) groups excluding carboxylic acids is 1. The highest BCUT2D eigenvalue weighted by atomic mass is 16.4. The molecule has 1 rings (SSSR count). The number of likely N-dealkylation sites (N-methyl/N-ethyl adjacent to an activating group) is 1. The van der Waals surface area contributed by atoms with Crippen LogP contribution in [0.3, 0.4) is 0 Å². The molecule has 0 aliphatic heterocycles. The van der Waals surface area contributed by atoms with Crippen LogP contribution in [0.15, 0.2) is 0 Å². The quantitative estimate of drug-likeness (QED) is 0.458. The SMILES string of the molecule is CCN(CCNC(=O)NCC(O)C(=O)O)C1CC1. The van der Waals surface area contributed by atoms with Crippen molar-refractivity contribution < 1.29 is 19.8 Å². The Morgan fingerprint density at radius 3 is 2.56 bits per heavy atom. The third-order valence-corrected chi connectivity index (χ3v) is 2.90. The van der Waals surface area contributed by atoms with E-state index in [0.717, 1.165) is 13.1 Å². The Kier molecular flexibility index (Phi) is 5.87. The van der Waals surface area contributed by atoms with E-state index >= 15 is 0 Å². The molecule has 18 heavy (non-hydrogen) atoms. The van der Waals surface area contributed by atoms with Gasteiger partial charge in [-0.25, -0.2) is 9.59 Å². The van der Waals surface area contributed by atoms with Gasteiger partial charge < -0.3 is 20.8 Å². The van der Waals surface area contributed by atoms with Gasteiger partial charge in [0.25, 0.3) is 0 Å². The molecule has 4 N–H and O–H groups in total. The van der Waals surface area contributed by atoms with E-state index in [4.69, 9.17) is 10.2 Å². The van der Waals surface area contributed by atoms with Gasteiger partial charge in [-0.1, -0.05) is 6.92 Å². The zero-order valence-electron chi connectivity index (χ0n) is 10.6. The summed E-state index contributed by atoms with van der Waals surface area (Å²) < 4.78 is 0. The maximum absolute atomic E-state index is 11.3. The number of nitrogens with one attached hydrogen (secondary N) is 2. The number of nitrogens with zero attached hydrogens (tertiary/aromatic N) is 1. The summed E-state index contributed by atoms with van der Waals surface area (Å²) in [6, 6.07) is 0.204. The van der Waals surface area contributed by atoms with Crippen LogP contribution >= 0.6 is 0 Å². The molecule has 1 fully saturated rings. The third kappa shape index (κ3) is 5.33.